The van der Waals surface area contributed by atoms with E-state index in [1.165, 1.54) is 10.7 Å². The average Bonchev–Trinajstić information content (AvgIpc) is 2.78. The molecule has 7 nitrogen and oxygen atoms in total. The van der Waals surface area contributed by atoms with Crippen molar-refractivity contribution in [1.82, 2.24) is 9.21 Å². The quantitative estimate of drug-likeness (QED) is 0.637. The summed E-state index contributed by atoms with van der Waals surface area (Å²) >= 11 is 0. The van der Waals surface area contributed by atoms with E-state index in [9.17, 15) is 13.2 Å². The second-order valence-corrected chi connectivity index (χ2v) is 11.1. The zero-order chi connectivity index (χ0) is 22.6. The van der Waals surface area contributed by atoms with Crippen molar-refractivity contribution in [3.05, 3.63) is 23.8 Å². The molecule has 0 N–H and O–H groups in total. The lowest BCUT2D eigenvalue weighted by Crippen LogP contribution is -2.41. The first kappa shape index (κ1) is 24.0. The highest BCUT2D eigenvalue weighted by Gasteiger charge is 2.30. The van der Waals surface area contributed by atoms with Gasteiger partial charge in [-0.2, -0.15) is 4.31 Å². The van der Waals surface area contributed by atoms with Gasteiger partial charge in [0.1, 0.15) is 0 Å². The monoisotopic (exact) mass is 451 g/mol. The largest absolute Gasteiger partial charge is 0.379 e. The fourth-order valence-corrected chi connectivity index (χ4v) is 5.86. The number of rotatable bonds is 7. The van der Waals surface area contributed by atoms with Gasteiger partial charge in [-0.25, -0.2) is 8.42 Å². The maximum atomic E-state index is 13.6. The van der Waals surface area contributed by atoms with E-state index >= 15 is 0 Å². The summed E-state index contributed by atoms with van der Waals surface area (Å²) in [7, 11) is -1.85. The molecule has 8 heteroatoms. The van der Waals surface area contributed by atoms with Crippen LogP contribution < -0.4 is 4.90 Å². The van der Waals surface area contributed by atoms with Crippen molar-refractivity contribution in [1.29, 1.82) is 0 Å². The Kier molecular flexibility index (Phi) is 7.99. The number of hydrogen-bond donors (Lipinski definition) is 0. The molecule has 1 aromatic carbocycles. The van der Waals surface area contributed by atoms with Crippen LogP contribution in [0.5, 0.6) is 0 Å². The van der Waals surface area contributed by atoms with Crippen LogP contribution >= 0.6 is 0 Å². The van der Waals surface area contributed by atoms with Gasteiger partial charge in [0.2, 0.25) is 10.0 Å². The van der Waals surface area contributed by atoms with Crippen LogP contribution in [0.4, 0.5) is 5.69 Å². The third-order valence-electron chi connectivity index (χ3n) is 6.30. The number of amides is 1. The van der Waals surface area contributed by atoms with Crippen molar-refractivity contribution in [2.75, 3.05) is 51.3 Å². The van der Waals surface area contributed by atoms with E-state index < -0.39 is 10.0 Å². The summed E-state index contributed by atoms with van der Waals surface area (Å²) in [5.74, 6) is 0.354. The highest BCUT2D eigenvalue weighted by molar-refractivity contribution is 7.89. The van der Waals surface area contributed by atoms with E-state index in [0.717, 1.165) is 38.0 Å². The second-order valence-electron chi connectivity index (χ2n) is 9.14. The van der Waals surface area contributed by atoms with Gasteiger partial charge in [-0.3, -0.25) is 4.79 Å². The van der Waals surface area contributed by atoms with Crippen LogP contribution in [-0.4, -0.2) is 76.0 Å². The van der Waals surface area contributed by atoms with Crippen molar-refractivity contribution in [3.8, 4) is 0 Å². The van der Waals surface area contributed by atoms with Gasteiger partial charge < -0.3 is 14.5 Å². The van der Waals surface area contributed by atoms with Crippen molar-refractivity contribution in [2.24, 2.45) is 5.92 Å². The molecule has 1 atom stereocenters. The molecule has 2 fully saturated rings. The highest BCUT2D eigenvalue weighted by atomic mass is 32.2. The van der Waals surface area contributed by atoms with Crippen LogP contribution in [0.25, 0.3) is 0 Å². The van der Waals surface area contributed by atoms with Crippen LogP contribution in [0.15, 0.2) is 23.1 Å². The Balaban J connectivity index is 1.98. The maximum absolute atomic E-state index is 13.6. The first-order valence-corrected chi connectivity index (χ1v) is 12.9. The molecule has 2 saturated heterocycles. The Hall–Kier alpha value is -1.64. The SMILES string of the molecule is CC(C)CC(C)N(C)C(=O)c1cc(S(=O)(=O)N2CCOCC2)ccc1N1CCCCC1. The minimum atomic E-state index is -3.67. The summed E-state index contributed by atoms with van der Waals surface area (Å²) in [4.78, 5) is 17.7. The highest BCUT2D eigenvalue weighted by Crippen LogP contribution is 2.30. The van der Waals surface area contributed by atoms with Gasteiger partial charge >= 0.3 is 0 Å². The smallest absolute Gasteiger partial charge is 0.255 e. The van der Waals surface area contributed by atoms with Crippen LogP contribution in [0.1, 0.15) is 56.8 Å². The zero-order valence-electron chi connectivity index (χ0n) is 19.3. The number of carbonyl (C=O) groups excluding carboxylic acids is 1. The topological polar surface area (TPSA) is 70.2 Å². The summed E-state index contributed by atoms with van der Waals surface area (Å²) in [5.41, 5.74) is 1.32. The molecule has 0 spiro atoms. The molecule has 2 aliphatic rings. The minimum absolute atomic E-state index is 0.0706. The summed E-state index contributed by atoms with van der Waals surface area (Å²) in [6.07, 6.45) is 4.25. The molecule has 0 bridgehead atoms. The number of carbonyl (C=O) groups is 1. The zero-order valence-corrected chi connectivity index (χ0v) is 20.2. The lowest BCUT2D eigenvalue weighted by molar-refractivity contribution is 0.0724. The molecule has 0 radical (unpaired) electrons. The Bertz CT molecular complexity index is 860. The number of hydrogen-bond acceptors (Lipinski definition) is 5. The molecule has 1 aromatic rings. The fourth-order valence-electron chi connectivity index (χ4n) is 4.42. The molecule has 31 heavy (non-hydrogen) atoms. The molecule has 1 unspecified atom stereocenters. The number of anilines is 1. The lowest BCUT2D eigenvalue weighted by atomic mass is 10.0. The van der Waals surface area contributed by atoms with Crippen molar-refractivity contribution < 1.29 is 17.9 Å². The molecule has 174 valence electrons. The number of nitrogens with zero attached hydrogens (tertiary/aromatic N) is 3. The molecule has 0 saturated carbocycles. The number of ether oxygens (including phenoxy) is 1. The third kappa shape index (κ3) is 5.59. The lowest BCUT2D eigenvalue weighted by Gasteiger charge is -2.33. The Morgan fingerprint density at radius 2 is 1.71 bits per heavy atom. The third-order valence-corrected chi connectivity index (χ3v) is 8.19. The summed E-state index contributed by atoms with van der Waals surface area (Å²) < 4.78 is 33.2. The molecule has 0 aliphatic carbocycles. The van der Waals surface area contributed by atoms with Gasteiger partial charge in [-0.1, -0.05) is 13.8 Å². The van der Waals surface area contributed by atoms with E-state index in [2.05, 4.69) is 18.7 Å². The number of morpholine rings is 1. The van der Waals surface area contributed by atoms with Crippen molar-refractivity contribution >= 4 is 21.6 Å². The molecule has 1 amide bonds. The van der Waals surface area contributed by atoms with Gasteiger partial charge in [0.25, 0.3) is 5.91 Å². The predicted molar refractivity (Wildman–Crippen MR) is 123 cm³/mol. The Morgan fingerprint density at radius 3 is 2.32 bits per heavy atom. The van der Waals surface area contributed by atoms with E-state index in [0.29, 0.717) is 37.8 Å². The normalized spacial score (nSPS) is 19.5. The molecular formula is C23H37N3O4S. The van der Waals surface area contributed by atoms with Crippen LogP contribution in [0, 0.1) is 5.92 Å². The standard InChI is InChI=1S/C23H37N3O4S/c1-18(2)16-19(3)24(4)23(27)21-17-20(31(28,29)26-12-14-30-15-13-26)8-9-22(21)25-10-6-5-7-11-25/h8-9,17-19H,5-7,10-16H2,1-4H3. The fraction of sp³-hybridized carbons (Fsp3) is 0.696. The Labute approximate surface area is 187 Å². The number of sulfonamides is 1. The van der Waals surface area contributed by atoms with E-state index in [1.807, 2.05) is 20.0 Å². The van der Waals surface area contributed by atoms with Gasteiger partial charge in [-0.05, 0) is 56.7 Å². The van der Waals surface area contributed by atoms with E-state index in [4.69, 9.17) is 4.74 Å². The van der Waals surface area contributed by atoms with Crippen molar-refractivity contribution in [2.45, 2.75) is 57.4 Å². The van der Waals surface area contributed by atoms with Gasteiger partial charge in [-0.15, -0.1) is 0 Å². The molecule has 2 aliphatic heterocycles. The summed E-state index contributed by atoms with van der Waals surface area (Å²) in [6, 6.07) is 5.15. The minimum Gasteiger partial charge on any atom is -0.379 e. The van der Waals surface area contributed by atoms with Crippen LogP contribution in [0.2, 0.25) is 0 Å². The average molecular weight is 452 g/mol. The molecule has 2 heterocycles. The second kappa shape index (κ2) is 10.3. The van der Waals surface area contributed by atoms with E-state index in [1.54, 1.807) is 17.0 Å². The number of piperidine rings is 1. The van der Waals surface area contributed by atoms with Crippen LogP contribution in [0.3, 0.4) is 0 Å². The summed E-state index contributed by atoms with van der Waals surface area (Å²) in [5, 5.41) is 0. The van der Waals surface area contributed by atoms with Gasteiger partial charge in [0.15, 0.2) is 0 Å². The Morgan fingerprint density at radius 1 is 1.06 bits per heavy atom. The molecule has 3 rings (SSSR count). The summed E-state index contributed by atoms with van der Waals surface area (Å²) in [6.45, 7) is 9.58. The predicted octanol–water partition coefficient (Wildman–Crippen LogP) is 3.20. The van der Waals surface area contributed by atoms with Crippen LogP contribution in [-0.2, 0) is 14.8 Å². The molecular weight excluding hydrogens is 414 g/mol. The molecule has 0 aromatic heterocycles. The first-order valence-electron chi connectivity index (χ1n) is 11.5. The van der Waals surface area contributed by atoms with Gasteiger partial charge in [0.05, 0.1) is 23.7 Å². The number of benzene rings is 1. The first-order chi connectivity index (χ1) is 14.7. The maximum Gasteiger partial charge on any atom is 0.255 e. The van der Waals surface area contributed by atoms with E-state index in [-0.39, 0.29) is 16.8 Å². The van der Waals surface area contributed by atoms with Gasteiger partial charge in [0, 0.05) is 45.0 Å². The van der Waals surface area contributed by atoms with Crippen molar-refractivity contribution in [3.63, 3.8) is 0 Å².